The van der Waals surface area contributed by atoms with Gasteiger partial charge in [0.05, 0.1) is 5.92 Å². The quantitative estimate of drug-likeness (QED) is 0.107. The van der Waals surface area contributed by atoms with Gasteiger partial charge in [0.1, 0.15) is 5.82 Å². The van der Waals surface area contributed by atoms with E-state index in [1.165, 1.54) is 70.3 Å². The molecule has 2 aromatic rings. The zero-order valence-corrected chi connectivity index (χ0v) is 22.8. The van der Waals surface area contributed by atoms with Crippen molar-refractivity contribution in [2.45, 2.75) is 110 Å². The standard InChI is InChI=1S/C32H45FO4/c1-3-4-5-6-7-8-9-10-11-12-13-14-18-21-31(34)36-25-37-32(35)26(2)28-22-23-29(30(33)24-28)27-19-16-15-17-20-27/h15-17,19-20,22-24,26H,3-14,18,21,25H2,1-2H3. The van der Waals surface area contributed by atoms with Gasteiger partial charge in [0, 0.05) is 12.0 Å². The molecule has 37 heavy (non-hydrogen) atoms. The summed E-state index contributed by atoms with van der Waals surface area (Å²) in [6.45, 7) is 3.49. The summed E-state index contributed by atoms with van der Waals surface area (Å²) in [6, 6.07) is 14.0. The molecular weight excluding hydrogens is 467 g/mol. The van der Waals surface area contributed by atoms with E-state index in [2.05, 4.69) is 6.92 Å². The Hall–Kier alpha value is -2.69. The molecule has 0 radical (unpaired) electrons. The molecule has 0 saturated heterocycles. The van der Waals surface area contributed by atoms with Crippen LogP contribution in [0.5, 0.6) is 0 Å². The summed E-state index contributed by atoms with van der Waals surface area (Å²) in [5, 5.41) is 0. The van der Waals surface area contributed by atoms with Gasteiger partial charge < -0.3 is 9.47 Å². The van der Waals surface area contributed by atoms with Crippen LogP contribution < -0.4 is 0 Å². The van der Waals surface area contributed by atoms with Crippen molar-refractivity contribution in [3.63, 3.8) is 0 Å². The predicted molar refractivity (Wildman–Crippen MR) is 148 cm³/mol. The van der Waals surface area contributed by atoms with E-state index in [-0.39, 0.29) is 5.97 Å². The molecule has 0 spiro atoms. The summed E-state index contributed by atoms with van der Waals surface area (Å²) in [4.78, 5) is 24.3. The Labute approximate surface area is 223 Å². The monoisotopic (exact) mass is 512 g/mol. The molecule has 0 aliphatic carbocycles. The molecule has 5 heteroatoms. The highest BCUT2D eigenvalue weighted by Crippen LogP contribution is 2.26. The van der Waals surface area contributed by atoms with Crippen molar-refractivity contribution in [1.29, 1.82) is 0 Å². The van der Waals surface area contributed by atoms with Crippen molar-refractivity contribution in [2.24, 2.45) is 0 Å². The van der Waals surface area contributed by atoms with Crippen LogP contribution >= 0.6 is 0 Å². The first-order valence-corrected chi connectivity index (χ1v) is 14.2. The van der Waals surface area contributed by atoms with Gasteiger partial charge in [0.2, 0.25) is 6.79 Å². The Morgan fingerprint density at radius 2 is 1.32 bits per heavy atom. The van der Waals surface area contributed by atoms with Crippen LogP contribution in [0.4, 0.5) is 4.39 Å². The number of carbonyl (C=O) groups excluding carboxylic acids is 2. The summed E-state index contributed by atoms with van der Waals surface area (Å²) < 4.78 is 24.8. The molecule has 2 aromatic carbocycles. The molecular formula is C32H45FO4. The third kappa shape index (κ3) is 12.4. The minimum absolute atomic E-state index is 0.330. The molecule has 1 unspecified atom stereocenters. The van der Waals surface area contributed by atoms with Gasteiger partial charge in [-0.05, 0) is 30.5 Å². The number of rotatable bonds is 19. The van der Waals surface area contributed by atoms with Crippen LogP contribution in [0.2, 0.25) is 0 Å². The SMILES string of the molecule is CCCCCCCCCCCCCCCC(=O)OCOC(=O)C(C)c1ccc(-c2ccccc2)c(F)c1. The molecule has 0 aromatic heterocycles. The Kier molecular flexibility index (Phi) is 15.3. The molecule has 4 nitrogen and oxygen atoms in total. The molecule has 0 heterocycles. The molecule has 0 N–H and O–H groups in total. The Bertz CT molecular complexity index is 912. The number of hydrogen-bond donors (Lipinski definition) is 0. The van der Waals surface area contributed by atoms with Gasteiger partial charge in [-0.25, -0.2) is 4.39 Å². The minimum atomic E-state index is -0.668. The smallest absolute Gasteiger partial charge is 0.316 e. The molecule has 0 amide bonds. The molecule has 0 fully saturated rings. The summed E-state index contributed by atoms with van der Waals surface area (Å²) in [7, 11) is 0. The van der Waals surface area contributed by atoms with Crippen LogP contribution in [-0.4, -0.2) is 18.7 Å². The number of esters is 2. The van der Waals surface area contributed by atoms with Crippen LogP contribution in [-0.2, 0) is 19.1 Å². The van der Waals surface area contributed by atoms with Crippen LogP contribution in [0.15, 0.2) is 48.5 Å². The predicted octanol–water partition coefficient (Wildman–Crippen LogP) is 9.12. The number of benzene rings is 2. The Morgan fingerprint density at radius 1 is 0.757 bits per heavy atom. The zero-order chi connectivity index (χ0) is 26.7. The van der Waals surface area contributed by atoms with Crippen LogP contribution in [0, 0.1) is 5.82 Å². The fraction of sp³-hybridized carbons (Fsp3) is 0.562. The lowest BCUT2D eigenvalue weighted by molar-refractivity contribution is -0.168. The van der Waals surface area contributed by atoms with E-state index < -0.39 is 24.5 Å². The van der Waals surface area contributed by atoms with Gasteiger partial charge in [-0.3, -0.25) is 9.59 Å². The van der Waals surface area contributed by atoms with Gasteiger partial charge >= 0.3 is 11.9 Å². The highest BCUT2D eigenvalue weighted by Gasteiger charge is 2.19. The fourth-order valence-electron chi connectivity index (χ4n) is 4.43. The van der Waals surface area contributed by atoms with Crippen molar-refractivity contribution in [2.75, 3.05) is 6.79 Å². The lowest BCUT2D eigenvalue weighted by Crippen LogP contribution is -2.17. The molecule has 2 rings (SSSR count). The second-order valence-corrected chi connectivity index (χ2v) is 9.92. The molecule has 0 aliphatic heterocycles. The van der Waals surface area contributed by atoms with Crippen molar-refractivity contribution in [3.8, 4) is 11.1 Å². The maximum absolute atomic E-state index is 14.6. The van der Waals surface area contributed by atoms with Crippen molar-refractivity contribution < 1.29 is 23.5 Å². The van der Waals surface area contributed by atoms with E-state index in [4.69, 9.17) is 9.47 Å². The summed E-state index contributed by atoms with van der Waals surface area (Å²) >= 11 is 0. The van der Waals surface area contributed by atoms with Gasteiger partial charge in [0.15, 0.2) is 0 Å². The van der Waals surface area contributed by atoms with Gasteiger partial charge in [-0.1, -0.05) is 126 Å². The Balaban J connectivity index is 1.52. The average Bonchev–Trinajstić information content (AvgIpc) is 2.91. The van der Waals surface area contributed by atoms with Gasteiger partial charge in [0.25, 0.3) is 0 Å². The maximum Gasteiger partial charge on any atom is 0.316 e. The fourth-order valence-corrected chi connectivity index (χ4v) is 4.43. The summed E-state index contributed by atoms with van der Waals surface area (Å²) in [5.74, 6) is -1.98. The molecule has 1 atom stereocenters. The van der Waals surface area contributed by atoms with E-state index in [0.717, 1.165) is 24.8 Å². The zero-order valence-electron chi connectivity index (χ0n) is 22.8. The summed E-state index contributed by atoms with van der Waals surface area (Å²) in [6.07, 6.45) is 16.6. The number of halogens is 1. The number of ether oxygens (including phenoxy) is 2. The van der Waals surface area contributed by atoms with Crippen LogP contribution in [0.3, 0.4) is 0 Å². The third-order valence-corrected chi connectivity index (χ3v) is 6.84. The normalized spacial score (nSPS) is 11.8. The minimum Gasteiger partial charge on any atom is -0.428 e. The average molecular weight is 513 g/mol. The van der Waals surface area contributed by atoms with E-state index in [9.17, 15) is 14.0 Å². The van der Waals surface area contributed by atoms with Crippen molar-refractivity contribution in [1.82, 2.24) is 0 Å². The molecule has 0 bridgehead atoms. The van der Waals surface area contributed by atoms with Crippen LogP contribution in [0.25, 0.3) is 11.1 Å². The first-order valence-electron chi connectivity index (χ1n) is 14.2. The maximum atomic E-state index is 14.6. The number of carbonyl (C=O) groups is 2. The molecule has 0 aliphatic rings. The second-order valence-electron chi connectivity index (χ2n) is 9.92. The highest BCUT2D eigenvalue weighted by atomic mass is 19.1. The van der Waals surface area contributed by atoms with Crippen molar-refractivity contribution in [3.05, 3.63) is 59.9 Å². The first kappa shape index (κ1) is 30.5. The van der Waals surface area contributed by atoms with E-state index >= 15 is 0 Å². The Morgan fingerprint density at radius 3 is 1.89 bits per heavy atom. The van der Waals surface area contributed by atoms with Gasteiger partial charge in [-0.2, -0.15) is 0 Å². The van der Waals surface area contributed by atoms with E-state index in [1.807, 2.05) is 30.3 Å². The number of unbranched alkanes of at least 4 members (excludes halogenated alkanes) is 12. The molecule has 0 saturated carbocycles. The lowest BCUT2D eigenvalue weighted by Gasteiger charge is -2.13. The lowest BCUT2D eigenvalue weighted by atomic mass is 9.97. The highest BCUT2D eigenvalue weighted by molar-refractivity contribution is 5.78. The van der Waals surface area contributed by atoms with Crippen molar-refractivity contribution >= 4 is 11.9 Å². The topological polar surface area (TPSA) is 52.6 Å². The van der Waals surface area contributed by atoms with E-state index in [0.29, 0.717) is 17.5 Å². The molecule has 204 valence electrons. The van der Waals surface area contributed by atoms with Gasteiger partial charge in [-0.15, -0.1) is 0 Å². The third-order valence-electron chi connectivity index (χ3n) is 6.84. The second kappa shape index (κ2) is 18.5. The largest absolute Gasteiger partial charge is 0.428 e. The van der Waals surface area contributed by atoms with E-state index in [1.54, 1.807) is 19.1 Å². The first-order chi connectivity index (χ1) is 18.0. The summed E-state index contributed by atoms with van der Waals surface area (Å²) in [5.41, 5.74) is 1.77. The number of hydrogen-bond acceptors (Lipinski definition) is 4. The van der Waals surface area contributed by atoms with Crippen LogP contribution in [0.1, 0.15) is 115 Å².